The van der Waals surface area contributed by atoms with Crippen LogP contribution in [0.3, 0.4) is 0 Å². The molecule has 1 aromatic carbocycles. The summed E-state index contributed by atoms with van der Waals surface area (Å²) in [6, 6.07) is 7.59. The third-order valence-corrected chi connectivity index (χ3v) is 2.86. The number of rotatable bonds is 5. The van der Waals surface area contributed by atoms with Crippen molar-refractivity contribution in [3.63, 3.8) is 0 Å². The highest BCUT2D eigenvalue weighted by Crippen LogP contribution is 2.20. The normalized spacial score (nSPS) is 12.6. The summed E-state index contributed by atoms with van der Waals surface area (Å²) in [7, 11) is 1.61. The molecule has 2 aromatic rings. The lowest BCUT2D eigenvalue weighted by atomic mass is 10.2. The van der Waals surface area contributed by atoms with E-state index in [1.165, 1.54) is 0 Å². The topological polar surface area (TPSA) is 74.2 Å². The number of methoxy groups -OCH3 is 1. The highest BCUT2D eigenvalue weighted by molar-refractivity contribution is 9.10. The lowest BCUT2D eigenvalue weighted by Gasteiger charge is -2.05. The molecule has 1 heterocycles. The fourth-order valence-electron chi connectivity index (χ4n) is 1.58. The van der Waals surface area contributed by atoms with E-state index in [9.17, 15) is 0 Å². The number of hydrogen-bond donors (Lipinski definition) is 1. The van der Waals surface area contributed by atoms with E-state index in [2.05, 4.69) is 26.1 Å². The zero-order valence-electron chi connectivity index (χ0n) is 9.97. The summed E-state index contributed by atoms with van der Waals surface area (Å²) in [6.07, 6.45) is 0.509. The maximum atomic E-state index is 5.83. The number of benzene rings is 1. The van der Waals surface area contributed by atoms with Crippen LogP contribution in [-0.4, -0.2) is 29.9 Å². The van der Waals surface area contributed by atoms with Crippen molar-refractivity contribution in [2.24, 2.45) is 5.73 Å². The lowest BCUT2D eigenvalue weighted by Crippen LogP contribution is -2.28. The van der Waals surface area contributed by atoms with Gasteiger partial charge in [-0.25, -0.2) is 0 Å². The number of hydrogen-bond acceptors (Lipinski definition) is 5. The van der Waals surface area contributed by atoms with E-state index in [1.54, 1.807) is 7.11 Å². The van der Waals surface area contributed by atoms with Gasteiger partial charge in [-0.15, -0.1) is 0 Å². The van der Waals surface area contributed by atoms with Crippen LogP contribution in [0.15, 0.2) is 33.3 Å². The SMILES string of the molecule is COCC(N)Cc1nc(-c2cccc(Br)c2)no1. The van der Waals surface area contributed by atoms with Crippen molar-refractivity contribution in [3.05, 3.63) is 34.6 Å². The van der Waals surface area contributed by atoms with Gasteiger partial charge in [0.15, 0.2) is 0 Å². The zero-order valence-corrected chi connectivity index (χ0v) is 11.6. The van der Waals surface area contributed by atoms with Crippen LogP contribution in [0.4, 0.5) is 0 Å². The van der Waals surface area contributed by atoms with Crippen LogP contribution in [0.1, 0.15) is 5.89 Å². The van der Waals surface area contributed by atoms with Gasteiger partial charge in [-0.05, 0) is 12.1 Å². The summed E-state index contributed by atoms with van der Waals surface area (Å²) < 4.78 is 11.1. The predicted octanol–water partition coefficient (Wildman–Crippen LogP) is 2.02. The largest absolute Gasteiger partial charge is 0.383 e. The standard InChI is InChI=1S/C12H14BrN3O2/c1-17-7-10(14)6-11-15-12(16-18-11)8-3-2-4-9(13)5-8/h2-5,10H,6-7,14H2,1H3. The molecule has 0 fully saturated rings. The molecule has 96 valence electrons. The first-order chi connectivity index (χ1) is 8.69. The smallest absolute Gasteiger partial charge is 0.228 e. The van der Waals surface area contributed by atoms with Crippen molar-refractivity contribution in [2.75, 3.05) is 13.7 Å². The average Bonchev–Trinajstić information content (AvgIpc) is 2.78. The van der Waals surface area contributed by atoms with E-state index in [-0.39, 0.29) is 6.04 Å². The molecule has 0 spiro atoms. The maximum absolute atomic E-state index is 5.83. The first-order valence-electron chi connectivity index (χ1n) is 5.52. The number of nitrogens with zero attached hydrogens (tertiary/aromatic N) is 2. The second-order valence-electron chi connectivity index (χ2n) is 3.94. The molecule has 0 saturated carbocycles. The van der Waals surface area contributed by atoms with Gasteiger partial charge in [0.05, 0.1) is 6.61 Å². The van der Waals surface area contributed by atoms with Gasteiger partial charge in [-0.1, -0.05) is 33.2 Å². The van der Waals surface area contributed by atoms with Crippen LogP contribution in [0.5, 0.6) is 0 Å². The van der Waals surface area contributed by atoms with E-state index in [0.29, 0.717) is 24.7 Å². The summed E-state index contributed by atoms with van der Waals surface area (Å²) in [5.41, 5.74) is 6.73. The van der Waals surface area contributed by atoms with Gasteiger partial charge in [0.25, 0.3) is 0 Å². The Morgan fingerprint density at radius 3 is 3.06 bits per heavy atom. The van der Waals surface area contributed by atoms with Crippen molar-refractivity contribution in [3.8, 4) is 11.4 Å². The summed E-state index contributed by atoms with van der Waals surface area (Å²) in [4.78, 5) is 4.31. The monoisotopic (exact) mass is 311 g/mol. The fraction of sp³-hybridized carbons (Fsp3) is 0.333. The molecule has 0 bridgehead atoms. The lowest BCUT2D eigenvalue weighted by molar-refractivity contribution is 0.176. The van der Waals surface area contributed by atoms with Gasteiger partial charge >= 0.3 is 0 Å². The van der Waals surface area contributed by atoms with E-state index in [0.717, 1.165) is 10.0 Å². The van der Waals surface area contributed by atoms with Crippen LogP contribution < -0.4 is 5.73 Å². The molecule has 0 radical (unpaired) electrons. The molecule has 1 aromatic heterocycles. The van der Waals surface area contributed by atoms with Gasteiger partial charge in [0.1, 0.15) is 0 Å². The minimum Gasteiger partial charge on any atom is -0.383 e. The van der Waals surface area contributed by atoms with E-state index >= 15 is 0 Å². The van der Waals surface area contributed by atoms with Crippen LogP contribution in [0.25, 0.3) is 11.4 Å². The number of aromatic nitrogens is 2. The summed E-state index contributed by atoms with van der Waals surface area (Å²) in [6.45, 7) is 0.467. The molecule has 1 unspecified atom stereocenters. The van der Waals surface area contributed by atoms with E-state index in [1.807, 2.05) is 24.3 Å². The minimum atomic E-state index is -0.134. The van der Waals surface area contributed by atoms with Crippen molar-refractivity contribution in [1.29, 1.82) is 0 Å². The molecule has 6 heteroatoms. The fourth-order valence-corrected chi connectivity index (χ4v) is 1.98. The Labute approximate surface area is 113 Å². The molecule has 0 aliphatic rings. The molecule has 0 aliphatic heterocycles. The number of ether oxygens (including phenoxy) is 1. The average molecular weight is 312 g/mol. The Hall–Kier alpha value is -1.24. The molecule has 0 aliphatic carbocycles. The summed E-state index contributed by atoms with van der Waals surface area (Å²) in [5, 5.41) is 3.94. The molecule has 18 heavy (non-hydrogen) atoms. The zero-order chi connectivity index (χ0) is 13.0. The molecule has 2 N–H and O–H groups in total. The van der Waals surface area contributed by atoms with Crippen molar-refractivity contribution < 1.29 is 9.26 Å². The third-order valence-electron chi connectivity index (χ3n) is 2.37. The molecule has 0 amide bonds. The number of halogens is 1. The third kappa shape index (κ3) is 3.38. The minimum absolute atomic E-state index is 0.134. The Morgan fingerprint density at radius 2 is 2.33 bits per heavy atom. The Balaban J connectivity index is 2.10. The van der Waals surface area contributed by atoms with Crippen molar-refractivity contribution in [1.82, 2.24) is 10.1 Å². The van der Waals surface area contributed by atoms with E-state index < -0.39 is 0 Å². The van der Waals surface area contributed by atoms with Crippen molar-refractivity contribution >= 4 is 15.9 Å². The summed E-state index contributed by atoms with van der Waals surface area (Å²) >= 11 is 3.40. The molecule has 1 atom stereocenters. The highest BCUT2D eigenvalue weighted by Gasteiger charge is 2.12. The van der Waals surface area contributed by atoms with Gasteiger partial charge in [-0.2, -0.15) is 4.98 Å². The quantitative estimate of drug-likeness (QED) is 0.914. The van der Waals surface area contributed by atoms with Crippen LogP contribution in [0.2, 0.25) is 0 Å². The first-order valence-corrected chi connectivity index (χ1v) is 6.31. The molecule has 2 rings (SSSR count). The van der Waals surface area contributed by atoms with Crippen LogP contribution in [-0.2, 0) is 11.2 Å². The molecular weight excluding hydrogens is 298 g/mol. The molecule has 0 saturated heterocycles. The Bertz CT molecular complexity index is 516. The van der Waals surface area contributed by atoms with Gasteiger partial charge in [0.2, 0.25) is 11.7 Å². The van der Waals surface area contributed by atoms with Gasteiger partial charge < -0.3 is 15.0 Å². The van der Waals surface area contributed by atoms with Crippen LogP contribution >= 0.6 is 15.9 Å². The second kappa shape index (κ2) is 6.08. The predicted molar refractivity (Wildman–Crippen MR) is 71.0 cm³/mol. The highest BCUT2D eigenvalue weighted by atomic mass is 79.9. The Morgan fingerprint density at radius 1 is 1.50 bits per heavy atom. The summed E-state index contributed by atoms with van der Waals surface area (Å²) in [5.74, 6) is 1.09. The van der Waals surface area contributed by atoms with Gasteiger partial charge in [-0.3, -0.25) is 0 Å². The second-order valence-corrected chi connectivity index (χ2v) is 4.86. The van der Waals surface area contributed by atoms with Crippen molar-refractivity contribution in [2.45, 2.75) is 12.5 Å². The van der Waals surface area contributed by atoms with Crippen LogP contribution in [0, 0.1) is 0 Å². The molecular formula is C12H14BrN3O2. The first kappa shape index (κ1) is 13.2. The van der Waals surface area contributed by atoms with Gasteiger partial charge in [0, 0.05) is 29.6 Å². The Kier molecular flexibility index (Phi) is 4.46. The molecule has 5 nitrogen and oxygen atoms in total. The number of nitrogens with two attached hydrogens (primary N) is 1. The van der Waals surface area contributed by atoms with E-state index in [4.69, 9.17) is 15.0 Å². The maximum Gasteiger partial charge on any atom is 0.228 e.